The Balaban J connectivity index is 0.00000120. The van der Waals surface area contributed by atoms with Gasteiger partial charge >= 0.3 is 0 Å². The van der Waals surface area contributed by atoms with Gasteiger partial charge in [-0.25, -0.2) is 0 Å². The molecule has 3 heterocycles. The van der Waals surface area contributed by atoms with E-state index in [1.165, 1.54) is 30.9 Å². The Morgan fingerprint density at radius 1 is 0.900 bits per heavy atom. The Morgan fingerprint density at radius 3 is 2.40 bits per heavy atom. The maximum Gasteiger partial charge on any atom is 0.147 e. The fraction of sp³-hybridized carbons (Fsp3) is 0.833. The number of aromatic nitrogens is 3. The summed E-state index contributed by atoms with van der Waals surface area (Å²) in [4.78, 5) is 2.47. The summed E-state index contributed by atoms with van der Waals surface area (Å²) in [5.74, 6) is 2.37. The van der Waals surface area contributed by atoms with Crippen LogP contribution in [0.4, 0.5) is 0 Å². The Labute approximate surface area is 139 Å². The van der Waals surface area contributed by atoms with E-state index in [1.807, 2.05) is 0 Å². The normalized spacial score (nSPS) is 18.8. The fourth-order valence-electron chi connectivity index (χ4n) is 2.73. The summed E-state index contributed by atoms with van der Waals surface area (Å²) < 4.78 is 2.36. The minimum Gasteiger partial charge on any atom is -0.314 e. The summed E-state index contributed by atoms with van der Waals surface area (Å²) in [6, 6.07) is 0. The van der Waals surface area contributed by atoms with Gasteiger partial charge in [0.1, 0.15) is 11.6 Å². The third kappa shape index (κ3) is 4.74. The fourth-order valence-corrected chi connectivity index (χ4v) is 2.73. The summed E-state index contributed by atoms with van der Waals surface area (Å²) in [7, 11) is 0. The molecule has 8 heteroatoms. The summed E-state index contributed by atoms with van der Waals surface area (Å²) in [6.07, 6.45) is 4.98. The molecular weight excluding hydrogens is 321 g/mol. The highest BCUT2D eigenvalue weighted by atomic mass is 35.5. The molecule has 2 aliphatic rings. The van der Waals surface area contributed by atoms with Gasteiger partial charge in [0.05, 0.1) is 6.54 Å². The van der Waals surface area contributed by atoms with Crippen LogP contribution in [0, 0.1) is 0 Å². The van der Waals surface area contributed by atoms with Crippen molar-refractivity contribution in [2.45, 2.75) is 38.8 Å². The Bertz CT molecular complexity index is 379. The maximum atomic E-state index is 4.38. The van der Waals surface area contributed by atoms with Crippen LogP contribution in [0.1, 0.15) is 30.9 Å². The number of hydrogen-bond donors (Lipinski definition) is 1. The number of fused-ring (bicyclic) bond motifs is 1. The van der Waals surface area contributed by atoms with Crippen LogP contribution < -0.4 is 5.32 Å². The molecule has 3 rings (SSSR count). The van der Waals surface area contributed by atoms with E-state index in [2.05, 4.69) is 25.0 Å². The van der Waals surface area contributed by atoms with Crippen molar-refractivity contribution < 1.29 is 0 Å². The average molecular weight is 345 g/mol. The second-order valence-electron chi connectivity index (χ2n) is 5.02. The summed E-state index contributed by atoms with van der Waals surface area (Å²) in [5, 5.41) is 12.1. The summed E-state index contributed by atoms with van der Waals surface area (Å²) in [5.41, 5.74) is 0. The first kappa shape index (κ1) is 19.9. The lowest BCUT2D eigenvalue weighted by Crippen LogP contribution is -2.43. The highest BCUT2D eigenvalue weighted by molar-refractivity contribution is 5.86. The van der Waals surface area contributed by atoms with E-state index in [9.17, 15) is 0 Å². The third-order valence-electron chi connectivity index (χ3n) is 3.76. The zero-order valence-electron chi connectivity index (χ0n) is 11.6. The molecule has 1 fully saturated rings. The van der Waals surface area contributed by atoms with Crippen molar-refractivity contribution in [1.29, 1.82) is 0 Å². The smallest absolute Gasteiger partial charge is 0.147 e. The van der Waals surface area contributed by atoms with Crippen LogP contribution in [0.15, 0.2) is 0 Å². The molecule has 1 saturated heterocycles. The van der Waals surface area contributed by atoms with E-state index in [4.69, 9.17) is 0 Å². The van der Waals surface area contributed by atoms with Gasteiger partial charge in [0.25, 0.3) is 0 Å². The maximum absolute atomic E-state index is 4.38. The van der Waals surface area contributed by atoms with E-state index in [1.54, 1.807) is 0 Å². The van der Waals surface area contributed by atoms with Gasteiger partial charge in [0.15, 0.2) is 0 Å². The van der Waals surface area contributed by atoms with Crippen LogP contribution in [0.2, 0.25) is 0 Å². The molecule has 2 aliphatic heterocycles. The molecule has 20 heavy (non-hydrogen) atoms. The second kappa shape index (κ2) is 9.79. The van der Waals surface area contributed by atoms with Crippen LogP contribution in [0.5, 0.6) is 0 Å². The lowest BCUT2D eigenvalue weighted by Gasteiger charge is -2.26. The minimum atomic E-state index is 0. The summed E-state index contributed by atoms with van der Waals surface area (Å²) >= 11 is 0. The number of nitrogens with one attached hydrogen (secondary N) is 1. The van der Waals surface area contributed by atoms with Crippen LogP contribution in [0.3, 0.4) is 0 Å². The van der Waals surface area contributed by atoms with E-state index >= 15 is 0 Å². The highest BCUT2D eigenvalue weighted by Crippen LogP contribution is 2.15. The molecule has 0 unspecified atom stereocenters. The number of rotatable bonds is 2. The molecule has 118 valence electrons. The van der Waals surface area contributed by atoms with E-state index in [-0.39, 0.29) is 37.2 Å². The monoisotopic (exact) mass is 343 g/mol. The molecule has 0 amide bonds. The third-order valence-corrected chi connectivity index (χ3v) is 3.76. The van der Waals surface area contributed by atoms with Crippen molar-refractivity contribution in [3.8, 4) is 0 Å². The van der Waals surface area contributed by atoms with Gasteiger partial charge in [-0.15, -0.1) is 47.4 Å². The van der Waals surface area contributed by atoms with Crippen molar-refractivity contribution in [3.05, 3.63) is 11.6 Å². The second-order valence-corrected chi connectivity index (χ2v) is 5.02. The van der Waals surface area contributed by atoms with Gasteiger partial charge in [-0.05, 0) is 12.8 Å². The van der Waals surface area contributed by atoms with Crippen LogP contribution in [0.25, 0.3) is 0 Å². The number of piperazine rings is 1. The number of nitrogens with zero attached hydrogens (tertiary/aromatic N) is 4. The molecule has 0 atom stereocenters. The SMILES string of the molecule is C1CCc2nnc(CN3CCNCC3)n2CC1.Cl.Cl.Cl. The van der Waals surface area contributed by atoms with Gasteiger partial charge in [0, 0.05) is 39.1 Å². The van der Waals surface area contributed by atoms with Crippen molar-refractivity contribution in [2.24, 2.45) is 0 Å². The zero-order chi connectivity index (χ0) is 11.5. The van der Waals surface area contributed by atoms with Gasteiger partial charge in [-0.1, -0.05) is 6.42 Å². The van der Waals surface area contributed by atoms with Crippen molar-refractivity contribution in [1.82, 2.24) is 25.0 Å². The van der Waals surface area contributed by atoms with Gasteiger partial charge in [-0.2, -0.15) is 0 Å². The first-order valence-electron chi connectivity index (χ1n) is 6.77. The topological polar surface area (TPSA) is 46.0 Å². The minimum absolute atomic E-state index is 0. The number of hydrogen-bond acceptors (Lipinski definition) is 4. The van der Waals surface area contributed by atoms with Crippen LogP contribution >= 0.6 is 37.2 Å². The first-order chi connectivity index (χ1) is 8.43. The lowest BCUT2D eigenvalue weighted by molar-refractivity contribution is 0.224. The van der Waals surface area contributed by atoms with Crippen molar-refractivity contribution >= 4 is 37.2 Å². The van der Waals surface area contributed by atoms with Gasteiger partial charge in [0.2, 0.25) is 0 Å². The predicted molar refractivity (Wildman–Crippen MR) is 87.5 cm³/mol. The van der Waals surface area contributed by atoms with Crippen molar-refractivity contribution in [3.63, 3.8) is 0 Å². The molecule has 0 saturated carbocycles. The zero-order valence-corrected chi connectivity index (χ0v) is 14.0. The van der Waals surface area contributed by atoms with Crippen LogP contribution in [-0.4, -0.2) is 45.8 Å². The lowest BCUT2D eigenvalue weighted by atomic mass is 10.2. The molecule has 1 N–H and O–H groups in total. The molecule has 0 bridgehead atoms. The molecule has 0 radical (unpaired) electrons. The van der Waals surface area contributed by atoms with Crippen LogP contribution in [-0.2, 0) is 19.5 Å². The predicted octanol–water partition coefficient (Wildman–Crippen LogP) is 1.68. The Hall–Kier alpha value is -0.0700. The molecular formula is C12H24Cl3N5. The molecule has 1 aromatic heterocycles. The highest BCUT2D eigenvalue weighted by Gasteiger charge is 2.17. The van der Waals surface area contributed by atoms with Gasteiger partial charge < -0.3 is 9.88 Å². The number of aryl methyl sites for hydroxylation is 1. The average Bonchev–Trinajstić information content (AvgIpc) is 2.61. The quantitative estimate of drug-likeness (QED) is 0.886. The molecule has 0 aromatic carbocycles. The Morgan fingerprint density at radius 2 is 1.65 bits per heavy atom. The molecule has 0 spiro atoms. The molecule has 5 nitrogen and oxygen atoms in total. The number of halogens is 3. The largest absolute Gasteiger partial charge is 0.314 e. The van der Waals surface area contributed by atoms with Gasteiger partial charge in [-0.3, -0.25) is 4.90 Å². The van der Waals surface area contributed by atoms with E-state index in [0.29, 0.717) is 0 Å². The van der Waals surface area contributed by atoms with Crippen molar-refractivity contribution in [2.75, 3.05) is 26.2 Å². The molecule has 0 aliphatic carbocycles. The molecule has 1 aromatic rings. The van der Waals surface area contributed by atoms with E-state index < -0.39 is 0 Å². The summed E-state index contributed by atoms with van der Waals surface area (Å²) in [6.45, 7) is 6.53. The van der Waals surface area contributed by atoms with E-state index in [0.717, 1.165) is 45.7 Å². The Kier molecular flexibility index (Phi) is 9.76. The standard InChI is InChI=1S/C12H21N5.3ClH/c1-2-4-11-14-15-12(17(11)7-3-1)10-16-8-5-13-6-9-16;;;/h13H,1-10H2;3*1H. The first-order valence-corrected chi connectivity index (χ1v) is 6.77.